The van der Waals surface area contributed by atoms with Crippen LogP contribution in [0, 0.1) is 0 Å². The van der Waals surface area contributed by atoms with Crippen molar-refractivity contribution in [2.24, 2.45) is 4.99 Å². The number of rotatable bonds is 4. The molecule has 1 amide bonds. The molecule has 3 aromatic rings. The van der Waals surface area contributed by atoms with Gasteiger partial charge in [-0.25, -0.2) is 0 Å². The topological polar surface area (TPSA) is 35.9 Å². The van der Waals surface area contributed by atoms with E-state index >= 15 is 0 Å². The zero-order chi connectivity index (χ0) is 20.8. The minimum absolute atomic E-state index is 0.0752. The Morgan fingerprint density at radius 1 is 0.867 bits per heavy atom. The van der Waals surface area contributed by atoms with Gasteiger partial charge in [-0.3, -0.25) is 9.79 Å². The third-order valence-electron chi connectivity index (χ3n) is 5.47. The van der Waals surface area contributed by atoms with Crippen molar-refractivity contribution in [3.8, 4) is 0 Å². The van der Waals surface area contributed by atoms with Gasteiger partial charge < -0.3 is 9.80 Å². The van der Waals surface area contributed by atoms with E-state index in [9.17, 15) is 4.79 Å². The highest BCUT2D eigenvalue weighted by molar-refractivity contribution is 6.04. The van der Waals surface area contributed by atoms with Gasteiger partial charge in [0, 0.05) is 25.7 Å². The summed E-state index contributed by atoms with van der Waals surface area (Å²) < 4.78 is 0. The van der Waals surface area contributed by atoms with Crippen LogP contribution in [-0.2, 0) is 11.3 Å². The minimum atomic E-state index is -0.213. The monoisotopic (exact) mass is 397 g/mol. The maximum Gasteiger partial charge on any atom is 0.220 e. The van der Waals surface area contributed by atoms with Crippen LogP contribution < -0.4 is 4.90 Å². The number of carbonyl (C=O) groups excluding carboxylic acids is 1. The number of aliphatic imine (C=N–C) groups is 1. The number of amidine groups is 1. The smallest absolute Gasteiger partial charge is 0.220 e. The predicted octanol–water partition coefficient (Wildman–Crippen LogP) is 5.09. The fourth-order valence-electron chi connectivity index (χ4n) is 4.03. The Kier molecular flexibility index (Phi) is 6.23. The Morgan fingerprint density at radius 2 is 1.47 bits per heavy atom. The molecule has 1 fully saturated rings. The highest BCUT2D eigenvalue weighted by Gasteiger charge is 2.34. The normalized spacial score (nSPS) is 18.3. The molecule has 0 saturated carbocycles. The van der Waals surface area contributed by atoms with E-state index < -0.39 is 0 Å². The Labute approximate surface area is 178 Å². The molecule has 1 aliphatic rings. The maximum atomic E-state index is 12.7. The first-order valence-electron chi connectivity index (χ1n) is 10.5. The maximum absolute atomic E-state index is 12.7. The van der Waals surface area contributed by atoms with Crippen LogP contribution in [0.1, 0.15) is 30.5 Å². The van der Waals surface area contributed by atoms with Gasteiger partial charge in [-0.15, -0.1) is 0 Å². The molecular weight excluding hydrogens is 370 g/mol. The van der Waals surface area contributed by atoms with Crippen LogP contribution >= 0.6 is 0 Å². The van der Waals surface area contributed by atoms with E-state index in [0.29, 0.717) is 13.1 Å². The molecule has 1 heterocycles. The Hall–Kier alpha value is -3.40. The molecule has 152 valence electrons. The molecule has 0 spiro atoms. The van der Waals surface area contributed by atoms with Crippen molar-refractivity contribution in [3.05, 3.63) is 102 Å². The molecular formula is C26H27N3O. The molecule has 1 atom stereocenters. The highest BCUT2D eigenvalue weighted by Crippen LogP contribution is 2.31. The van der Waals surface area contributed by atoms with Crippen molar-refractivity contribution in [2.75, 3.05) is 18.0 Å². The first-order valence-corrected chi connectivity index (χ1v) is 10.5. The van der Waals surface area contributed by atoms with Crippen molar-refractivity contribution < 1.29 is 4.79 Å². The Morgan fingerprint density at radius 3 is 2.10 bits per heavy atom. The summed E-state index contributed by atoms with van der Waals surface area (Å²) in [6, 6.07) is 30.7. The van der Waals surface area contributed by atoms with Crippen LogP contribution in [0.3, 0.4) is 0 Å². The molecule has 1 unspecified atom stereocenters. The number of carbonyl (C=O) groups is 1. The van der Waals surface area contributed by atoms with Gasteiger partial charge in [-0.05, 0) is 29.7 Å². The van der Waals surface area contributed by atoms with Crippen molar-refractivity contribution in [1.29, 1.82) is 0 Å². The lowest BCUT2D eigenvalue weighted by molar-refractivity contribution is -0.130. The van der Waals surface area contributed by atoms with Gasteiger partial charge in [0.05, 0.1) is 6.54 Å². The van der Waals surface area contributed by atoms with Crippen LogP contribution in [-0.4, -0.2) is 29.7 Å². The summed E-state index contributed by atoms with van der Waals surface area (Å²) >= 11 is 0. The lowest BCUT2D eigenvalue weighted by atomic mass is 10.0. The number of amides is 1. The van der Waals surface area contributed by atoms with Crippen molar-refractivity contribution >= 4 is 17.4 Å². The summed E-state index contributed by atoms with van der Waals surface area (Å²) in [7, 11) is 0. The third kappa shape index (κ3) is 4.43. The molecule has 0 N–H and O–H groups in total. The van der Waals surface area contributed by atoms with Crippen LogP contribution in [0.15, 0.2) is 96.0 Å². The summed E-state index contributed by atoms with van der Waals surface area (Å²) in [5.74, 6) is 0.995. The standard InChI is InChI=1S/C26H27N3O/c1-21(30)28-18-11-19-29(24-16-9-4-10-17-24)26(25(28)23-14-7-3-8-15-23)27-20-22-12-5-2-6-13-22/h2-10,12-17,25H,11,18-20H2,1H3. The van der Waals surface area contributed by atoms with Crippen molar-refractivity contribution in [1.82, 2.24) is 4.90 Å². The zero-order valence-electron chi connectivity index (χ0n) is 17.3. The molecule has 0 radical (unpaired) electrons. The molecule has 1 aliphatic heterocycles. The van der Waals surface area contributed by atoms with E-state index in [1.54, 1.807) is 6.92 Å². The molecule has 4 nitrogen and oxygen atoms in total. The van der Waals surface area contributed by atoms with E-state index in [2.05, 4.69) is 53.4 Å². The fraction of sp³-hybridized carbons (Fsp3) is 0.231. The Balaban J connectivity index is 1.83. The van der Waals surface area contributed by atoms with E-state index in [-0.39, 0.29) is 11.9 Å². The lowest BCUT2D eigenvalue weighted by Crippen LogP contribution is -2.42. The predicted molar refractivity (Wildman–Crippen MR) is 123 cm³/mol. The van der Waals surface area contributed by atoms with Crippen LogP contribution in [0.25, 0.3) is 0 Å². The molecule has 3 aromatic carbocycles. The number of nitrogens with zero attached hydrogens (tertiary/aromatic N) is 3. The number of para-hydroxylation sites is 1. The largest absolute Gasteiger partial charge is 0.329 e. The second kappa shape index (κ2) is 9.40. The quantitative estimate of drug-likeness (QED) is 0.615. The van der Waals surface area contributed by atoms with Crippen molar-refractivity contribution in [3.63, 3.8) is 0 Å². The average molecular weight is 398 g/mol. The second-order valence-electron chi connectivity index (χ2n) is 7.53. The van der Waals surface area contributed by atoms with Crippen LogP contribution in [0.5, 0.6) is 0 Å². The van der Waals surface area contributed by atoms with Crippen LogP contribution in [0.2, 0.25) is 0 Å². The fourth-order valence-corrected chi connectivity index (χ4v) is 4.03. The number of benzene rings is 3. The summed E-state index contributed by atoms with van der Waals surface area (Å²) in [5.41, 5.74) is 3.35. The minimum Gasteiger partial charge on any atom is -0.329 e. The first kappa shape index (κ1) is 19.9. The number of hydrogen-bond acceptors (Lipinski definition) is 2. The van der Waals surface area contributed by atoms with Gasteiger partial charge in [0.2, 0.25) is 5.91 Å². The van der Waals surface area contributed by atoms with E-state index in [0.717, 1.165) is 35.6 Å². The lowest BCUT2D eigenvalue weighted by Gasteiger charge is -2.34. The third-order valence-corrected chi connectivity index (χ3v) is 5.47. The molecule has 4 heteroatoms. The van der Waals surface area contributed by atoms with E-state index in [4.69, 9.17) is 4.99 Å². The van der Waals surface area contributed by atoms with Crippen molar-refractivity contribution in [2.45, 2.75) is 25.9 Å². The molecule has 0 bridgehead atoms. The molecule has 4 rings (SSSR count). The Bertz CT molecular complexity index is 987. The summed E-state index contributed by atoms with van der Waals surface area (Å²) in [5, 5.41) is 0. The van der Waals surface area contributed by atoms with E-state index in [1.165, 1.54) is 0 Å². The van der Waals surface area contributed by atoms with Gasteiger partial charge >= 0.3 is 0 Å². The number of anilines is 1. The van der Waals surface area contributed by atoms with Gasteiger partial charge in [-0.1, -0.05) is 78.9 Å². The van der Waals surface area contributed by atoms with Gasteiger partial charge in [0.1, 0.15) is 11.9 Å². The molecule has 30 heavy (non-hydrogen) atoms. The molecule has 1 saturated heterocycles. The summed E-state index contributed by atoms with van der Waals surface area (Å²) in [6.07, 6.45) is 0.891. The zero-order valence-corrected chi connectivity index (χ0v) is 17.3. The first-order chi connectivity index (χ1) is 14.7. The second-order valence-corrected chi connectivity index (χ2v) is 7.53. The van der Waals surface area contributed by atoms with E-state index in [1.807, 2.05) is 47.4 Å². The van der Waals surface area contributed by atoms with Gasteiger partial charge in [0.25, 0.3) is 0 Å². The molecule has 0 aromatic heterocycles. The summed E-state index contributed by atoms with van der Waals surface area (Å²) in [6.45, 7) is 3.77. The number of hydrogen-bond donors (Lipinski definition) is 0. The molecule has 0 aliphatic carbocycles. The SMILES string of the molecule is CC(=O)N1CCCN(c2ccccc2)C(=NCc2ccccc2)C1c1ccccc1. The highest BCUT2D eigenvalue weighted by atomic mass is 16.2. The average Bonchev–Trinajstić information content (AvgIpc) is 2.99. The summed E-state index contributed by atoms with van der Waals surface area (Å²) in [4.78, 5) is 22.0. The van der Waals surface area contributed by atoms with Crippen LogP contribution in [0.4, 0.5) is 5.69 Å². The van der Waals surface area contributed by atoms with Gasteiger partial charge in [0.15, 0.2) is 0 Å². The van der Waals surface area contributed by atoms with Gasteiger partial charge in [-0.2, -0.15) is 0 Å².